The minimum Gasteiger partial charge on any atom is -0.457 e. The van der Waals surface area contributed by atoms with Crippen LogP contribution in [-0.2, 0) is 4.74 Å². The minimum absolute atomic E-state index is 0.356. The second-order valence-electron chi connectivity index (χ2n) is 7.24. The van der Waals surface area contributed by atoms with Gasteiger partial charge in [-0.3, -0.25) is 0 Å². The van der Waals surface area contributed by atoms with E-state index in [1.54, 1.807) is 27.8 Å². The van der Waals surface area contributed by atoms with Gasteiger partial charge in [0.15, 0.2) is 11.0 Å². The van der Waals surface area contributed by atoms with Crippen LogP contribution in [0.3, 0.4) is 0 Å². The molecule has 1 heterocycles. The third kappa shape index (κ3) is 13.1. The van der Waals surface area contributed by atoms with Crippen molar-refractivity contribution >= 4 is 34.9 Å². The number of nitrogens with two attached hydrogens (primary N) is 1. The number of halogens is 1. The van der Waals surface area contributed by atoms with Crippen LogP contribution in [0, 0.1) is 0 Å². The molecule has 0 saturated heterocycles. The zero-order valence-electron chi connectivity index (χ0n) is 21.8. The Morgan fingerprint density at radius 3 is 1.91 bits per heavy atom. The molecule has 9 heteroatoms. The van der Waals surface area contributed by atoms with Gasteiger partial charge in [0.05, 0.1) is 0 Å². The van der Waals surface area contributed by atoms with E-state index in [9.17, 15) is 4.79 Å². The molecule has 0 fully saturated rings. The standard InChI is InChI=1S/C17H15ClN4O.C5H11NO2.2C2H6/c1-19-17-15(16(18)20-11-21-17)22-12-7-9-14(10-8-12)23-13-5-3-2-4-6-13;1-5(2,3)8-4(6)7;2*1-2/h2-11,22H,1H3,(H,19,20,21);1-3H3,(H2,6,7);2*1-2H3. The number of hydrogen-bond acceptors (Lipinski definition) is 7. The van der Waals surface area contributed by atoms with E-state index in [4.69, 9.17) is 22.1 Å². The van der Waals surface area contributed by atoms with Gasteiger partial charge in [0, 0.05) is 12.7 Å². The molecule has 3 aromatic rings. The summed E-state index contributed by atoms with van der Waals surface area (Å²) < 4.78 is 10.3. The number of anilines is 3. The molecule has 1 aromatic heterocycles. The highest BCUT2D eigenvalue weighted by atomic mass is 35.5. The molecule has 8 nitrogen and oxygen atoms in total. The van der Waals surface area contributed by atoms with Crippen LogP contribution < -0.4 is 21.1 Å². The van der Waals surface area contributed by atoms with Crippen molar-refractivity contribution in [1.82, 2.24) is 9.97 Å². The third-order valence-corrected chi connectivity index (χ3v) is 3.83. The van der Waals surface area contributed by atoms with E-state index in [1.165, 1.54) is 6.33 Å². The van der Waals surface area contributed by atoms with Crippen LogP contribution >= 0.6 is 11.6 Å². The van der Waals surface area contributed by atoms with Crippen LogP contribution in [0.15, 0.2) is 60.9 Å². The number of benzene rings is 2. The fourth-order valence-corrected chi connectivity index (χ4v) is 2.52. The SMILES string of the molecule is CC.CC.CC(C)(C)OC(N)=O.CNc1ncnc(Cl)c1Nc1ccc(Oc2ccccc2)cc1. The zero-order chi connectivity index (χ0) is 26.9. The topological polar surface area (TPSA) is 111 Å². The summed E-state index contributed by atoms with van der Waals surface area (Å²) in [4.78, 5) is 18.1. The summed E-state index contributed by atoms with van der Waals surface area (Å²) in [6, 6.07) is 17.2. The first kappa shape index (κ1) is 31.5. The third-order valence-electron chi connectivity index (χ3n) is 3.55. The first-order valence-corrected chi connectivity index (χ1v) is 11.8. The average Bonchev–Trinajstić information content (AvgIpc) is 2.83. The molecule has 0 aliphatic rings. The molecular weight excluding hydrogens is 466 g/mol. The van der Waals surface area contributed by atoms with Gasteiger partial charge < -0.3 is 25.8 Å². The van der Waals surface area contributed by atoms with Crippen LogP contribution in [0.1, 0.15) is 48.5 Å². The van der Waals surface area contributed by atoms with E-state index >= 15 is 0 Å². The molecule has 0 aliphatic carbocycles. The molecule has 4 N–H and O–H groups in total. The fourth-order valence-electron chi connectivity index (χ4n) is 2.34. The first-order valence-electron chi connectivity index (χ1n) is 11.4. The number of amides is 1. The molecule has 0 unspecified atom stereocenters. The monoisotopic (exact) mass is 503 g/mol. The average molecular weight is 504 g/mol. The maximum atomic E-state index is 10.0. The van der Waals surface area contributed by atoms with Crippen molar-refractivity contribution in [3.05, 3.63) is 66.1 Å². The Morgan fingerprint density at radius 2 is 1.46 bits per heavy atom. The number of hydrogen-bond donors (Lipinski definition) is 3. The van der Waals surface area contributed by atoms with E-state index < -0.39 is 11.7 Å². The van der Waals surface area contributed by atoms with E-state index in [0.29, 0.717) is 16.7 Å². The van der Waals surface area contributed by atoms with Crippen LogP contribution in [0.25, 0.3) is 0 Å². The summed E-state index contributed by atoms with van der Waals surface area (Å²) in [5, 5.41) is 6.54. The summed E-state index contributed by atoms with van der Waals surface area (Å²) in [5.41, 5.74) is 5.76. The highest BCUT2D eigenvalue weighted by molar-refractivity contribution is 6.32. The Kier molecular flexibility index (Phi) is 15.3. The lowest BCUT2D eigenvalue weighted by atomic mass is 10.2. The molecule has 1 amide bonds. The normalized spacial score (nSPS) is 9.51. The second kappa shape index (κ2) is 17.0. The van der Waals surface area contributed by atoms with Gasteiger partial charge in [0.2, 0.25) is 0 Å². The number of ether oxygens (including phenoxy) is 2. The van der Waals surface area contributed by atoms with E-state index in [1.807, 2.05) is 82.3 Å². The van der Waals surface area contributed by atoms with Crippen molar-refractivity contribution in [2.45, 2.75) is 54.1 Å². The van der Waals surface area contributed by atoms with Crippen molar-refractivity contribution in [1.29, 1.82) is 0 Å². The molecule has 192 valence electrons. The van der Waals surface area contributed by atoms with Gasteiger partial charge in [-0.1, -0.05) is 57.5 Å². The molecule has 0 spiro atoms. The van der Waals surface area contributed by atoms with Gasteiger partial charge in [0.1, 0.15) is 29.1 Å². The molecule has 3 rings (SSSR count). The largest absolute Gasteiger partial charge is 0.457 e. The predicted molar refractivity (Wildman–Crippen MR) is 146 cm³/mol. The molecule has 2 aromatic carbocycles. The van der Waals surface area contributed by atoms with Gasteiger partial charge >= 0.3 is 6.09 Å². The Morgan fingerprint density at radius 1 is 0.914 bits per heavy atom. The van der Waals surface area contributed by atoms with Crippen LogP contribution in [0.4, 0.5) is 22.0 Å². The smallest absolute Gasteiger partial charge is 0.405 e. The number of carbonyl (C=O) groups is 1. The lowest BCUT2D eigenvalue weighted by Gasteiger charge is -2.16. The van der Waals surface area contributed by atoms with Crippen molar-refractivity contribution in [2.75, 3.05) is 17.7 Å². The highest BCUT2D eigenvalue weighted by Crippen LogP contribution is 2.30. The van der Waals surface area contributed by atoms with Crippen LogP contribution in [-0.4, -0.2) is 28.7 Å². The number of rotatable bonds is 5. The lowest BCUT2D eigenvalue weighted by molar-refractivity contribution is 0.0600. The number of aromatic nitrogens is 2. The summed E-state index contributed by atoms with van der Waals surface area (Å²) in [5.74, 6) is 2.19. The summed E-state index contributed by atoms with van der Waals surface area (Å²) in [6.45, 7) is 13.3. The number of primary amides is 1. The maximum absolute atomic E-state index is 10.0. The predicted octanol–water partition coefficient (Wildman–Crippen LogP) is 7.64. The molecular formula is C26H38ClN5O3. The molecule has 0 atom stereocenters. The Labute approximate surface area is 214 Å². The van der Waals surface area contributed by atoms with Gasteiger partial charge in [-0.15, -0.1) is 0 Å². The maximum Gasteiger partial charge on any atom is 0.405 e. The number of nitrogens with zero attached hydrogens (tertiary/aromatic N) is 2. The zero-order valence-corrected chi connectivity index (χ0v) is 22.6. The number of nitrogens with one attached hydrogen (secondary N) is 2. The van der Waals surface area contributed by atoms with E-state index in [-0.39, 0.29) is 0 Å². The van der Waals surface area contributed by atoms with Gasteiger partial charge in [-0.05, 0) is 57.2 Å². The van der Waals surface area contributed by atoms with E-state index in [0.717, 1.165) is 17.2 Å². The van der Waals surface area contributed by atoms with Gasteiger partial charge in [-0.2, -0.15) is 0 Å². The Hall–Kier alpha value is -3.52. The molecule has 0 aliphatic heterocycles. The van der Waals surface area contributed by atoms with Crippen molar-refractivity contribution in [2.24, 2.45) is 5.73 Å². The lowest BCUT2D eigenvalue weighted by Crippen LogP contribution is -2.27. The quantitative estimate of drug-likeness (QED) is 0.306. The van der Waals surface area contributed by atoms with Crippen molar-refractivity contribution in [3.63, 3.8) is 0 Å². The fraction of sp³-hybridized carbons (Fsp3) is 0.346. The van der Waals surface area contributed by atoms with Crippen LogP contribution in [0.2, 0.25) is 5.15 Å². The Balaban J connectivity index is 0.000000817. The summed E-state index contributed by atoms with van der Waals surface area (Å²) in [7, 11) is 1.78. The summed E-state index contributed by atoms with van der Waals surface area (Å²) >= 11 is 6.12. The minimum atomic E-state index is -0.725. The van der Waals surface area contributed by atoms with Gasteiger partial charge in [-0.25, -0.2) is 14.8 Å². The first-order chi connectivity index (χ1) is 16.7. The van der Waals surface area contributed by atoms with Crippen molar-refractivity contribution < 1.29 is 14.3 Å². The number of para-hydroxylation sites is 1. The highest BCUT2D eigenvalue weighted by Gasteiger charge is 2.12. The summed E-state index contributed by atoms with van der Waals surface area (Å²) in [6.07, 6.45) is 0.688. The number of carbonyl (C=O) groups excluding carboxylic acids is 1. The second-order valence-corrected chi connectivity index (χ2v) is 7.59. The van der Waals surface area contributed by atoms with Gasteiger partial charge in [0.25, 0.3) is 0 Å². The molecule has 0 radical (unpaired) electrons. The van der Waals surface area contributed by atoms with E-state index in [2.05, 4.69) is 25.3 Å². The van der Waals surface area contributed by atoms with Crippen LogP contribution in [0.5, 0.6) is 11.5 Å². The van der Waals surface area contributed by atoms with Crippen molar-refractivity contribution in [3.8, 4) is 11.5 Å². The Bertz CT molecular complexity index is 979. The molecule has 0 saturated carbocycles. The molecule has 0 bridgehead atoms. The molecule has 35 heavy (non-hydrogen) atoms.